The number of carbonyl (C=O) groups excluding carboxylic acids is 1. The minimum Gasteiger partial charge on any atom is -0.373 e. The predicted molar refractivity (Wildman–Crippen MR) is 103 cm³/mol. The normalized spacial score (nSPS) is 17.4. The van der Waals surface area contributed by atoms with Crippen molar-refractivity contribution in [3.05, 3.63) is 36.3 Å². The van der Waals surface area contributed by atoms with Gasteiger partial charge in [0.1, 0.15) is 5.82 Å². The molecule has 1 aliphatic rings. The average Bonchev–Trinajstić information content (AvgIpc) is 2.68. The fourth-order valence-corrected chi connectivity index (χ4v) is 3.35. The molecule has 0 aromatic carbocycles. The van der Waals surface area contributed by atoms with E-state index in [2.05, 4.69) is 29.1 Å². The Kier molecular flexibility index (Phi) is 5.81. The smallest absolute Gasteiger partial charge is 0.222 e. The predicted octanol–water partition coefficient (Wildman–Crippen LogP) is 3.33. The number of nitrogens with one attached hydrogen (secondary N) is 1. The van der Waals surface area contributed by atoms with Gasteiger partial charge in [0.2, 0.25) is 5.91 Å². The molecule has 1 N–H and O–H groups in total. The van der Waals surface area contributed by atoms with Gasteiger partial charge in [0.25, 0.3) is 0 Å². The standard InChI is InChI=1S/C20H27N5O/c1-14(2)10-19(26)25-9-5-7-16(13-25)17-11-18(21-3)24-20(23-17)15-6-4-8-22-12-15/h4,6,8,11-12,14,16H,5,7,9-10,13H2,1-3H3,(H,21,23,24)/t16-/m1/s1. The molecule has 0 radical (unpaired) electrons. The third-order valence-electron chi connectivity index (χ3n) is 4.70. The second-order valence-corrected chi connectivity index (χ2v) is 7.27. The molecule has 0 bridgehead atoms. The lowest BCUT2D eigenvalue weighted by Gasteiger charge is -2.33. The van der Waals surface area contributed by atoms with E-state index in [0.29, 0.717) is 18.2 Å². The number of nitrogens with zero attached hydrogens (tertiary/aromatic N) is 4. The van der Waals surface area contributed by atoms with Gasteiger partial charge in [-0.1, -0.05) is 13.8 Å². The molecule has 0 unspecified atom stereocenters. The van der Waals surface area contributed by atoms with Crippen LogP contribution in [-0.2, 0) is 4.79 Å². The maximum Gasteiger partial charge on any atom is 0.222 e. The number of likely N-dealkylation sites (tertiary alicyclic amines) is 1. The molecule has 3 heterocycles. The zero-order valence-corrected chi connectivity index (χ0v) is 15.8. The van der Waals surface area contributed by atoms with Crippen molar-refractivity contribution >= 4 is 11.7 Å². The van der Waals surface area contributed by atoms with Gasteiger partial charge < -0.3 is 10.2 Å². The fraction of sp³-hybridized carbons (Fsp3) is 0.500. The van der Waals surface area contributed by atoms with Crippen LogP contribution in [0.2, 0.25) is 0 Å². The largest absolute Gasteiger partial charge is 0.373 e. The molecular formula is C20H27N5O. The molecule has 0 saturated carbocycles. The zero-order chi connectivity index (χ0) is 18.5. The molecular weight excluding hydrogens is 326 g/mol. The number of carbonyl (C=O) groups is 1. The first-order chi connectivity index (χ1) is 12.6. The lowest BCUT2D eigenvalue weighted by molar-refractivity contribution is -0.133. The van der Waals surface area contributed by atoms with Crippen molar-refractivity contribution in [1.29, 1.82) is 0 Å². The highest BCUT2D eigenvalue weighted by Gasteiger charge is 2.26. The summed E-state index contributed by atoms with van der Waals surface area (Å²) in [5.41, 5.74) is 1.89. The van der Waals surface area contributed by atoms with E-state index >= 15 is 0 Å². The Morgan fingerprint density at radius 2 is 2.23 bits per heavy atom. The molecule has 26 heavy (non-hydrogen) atoms. The molecule has 1 fully saturated rings. The lowest BCUT2D eigenvalue weighted by atomic mass is 9.93. The minimum atomic E-state index is 0.241. The summed E-state index contributed by atoms with van der Waals surface area (Å²) >= 11 is 0. The van der Waals surface area contributed by atoms with E-state index in [0.717, 1.165) is 43.0 Å². The molecule has 1 aliphatic heterocycles. The number of rotatable bonds is 5. The van der Waals surface area contributed by atoms with Gasteiger partial charge in [0.05, 0.1) is 5.69 Å². The third kappa shape index (κ3) is 4.36. The third-order valence-corrected chi connectivity index (χ3v) is 4.70. The van der Waals surface area contributed by atoms with Crippen LogP contribution in [0, 0.1) is 5.92 Å². The molecule has 0 aliphatic carbocycles. The van der Waals surface area contributed by atoms with Crippen molar-refractivity contribution in [2.75, 3.05) is 25.5 Å². The van der Waals surface area contributed by atoms with Crippen molar-refractivity contribution in [3.63, 3.8) is 0 Å². The molecule has 1 saturated heterocycles. The molecule has 2 aromatic rings. The first-order valence-corrected chi connectivity index (χ1v) is 9.31. The highest BCUT2D eigenvalue weighted by Crippen LogP contribution is 2.29. The summed E-state index contributed by atoms with van der Waals surface area (Å²) in [6.45, 7) is 5.76. The van der Waals surface area contributed by atoms with Gasteiger partial charge in [-0.2, -0.15) is 0 Å². The van der Waals surface area contributed by atoms with Crippen LogP contribution in [-0.4, -0.2) is 45.9 Å². The highest BCUT2D eigenvalue weighted by atomic mass is 16.2. The van der Waals surface area contributed by atoms with Gasteiger partial charge in [-0.15, -0.1) is 0 Å². The van der Waals surface area contributed by atoms with Crippen molar-refractivity contribution in [2.45, 2.75) is 39.0 Å². The monoisotopic (exact) mass is 353 g/mol. The van der Waals surface area contributed by atoms with Gasteiger partial charge >= 0.3 is 0 Å². The number of piperidine rings is 1. The Labute approximate surface area is 155 Å². The Morgan fingerprint density at radius 3 is 2.92 bits per heavy atom. The van der Waals surface area contributed by atoms with E-state index in [4.69, 9.17) is 4.98 Å². The van der Waals surface area contributed by atoms with E-state index in [1.165, 1.54) is 0 Å². The van der Waals surface area contributed by atoms with Crippen LogP contribution in [0.25, 0.3) is 11.4 Å². The molecule has 6 heteroatoms. The van der Waals surface area contributed by atoms with Crippen molar-refractivity contribution < 1.29 is 4.79 Å². The molecule has 0 spiro atoms. The maximum absolute atomic E-state index is 12.5. The summed E-state index contributed by atoms with van der Waals surface area (Å²) in [6, 6.07) is 5.85. The van der Waals surface area contributed by atoms with Gasteiger partial charge in [-0.25, -0.2) is 9.97 Å². The zero-order valence-electron chi connectivity index (χ0n) is 15.8. The van der Waals surface area contributed by atoms with Crippen molar-refractivity contribution in [3.8, 4) is 11.4 Å². The number of anilines is 1. The van der Waals surface area contributed by atoms with Gasteiger partial charge in [0.15, 0.2) is 5.82 Å². The van der Waals surface area contributed by atoms with E-state index < -0.39 is 0 Å². The summed E-state index contributed by atoms with van der Waals surface area (Å²) in [5, 5.41) is 3.12. The lowest BCUT2D eigenvalue weighted by Crippen LogP contribution is -2.39. The fourth-order valence-electron chi connectivity index (χ4n) is 3.35. The Morgan fingerprint density at radius 1 is 1.38 bits per heavy atom. The molecule has 1 atom stereocenters. The van der Waals surface area contributed by atoms with E-state index in [1.807, 2.05) is 30.1 Å². The average molecular weight is 353 g/mol. The Balaban J connectivity index is 1.85. The summed E-state index contributed by atoms with van der Waals surface area (Å²) in [7, 11) is 1.86. The molecule has 3 rings (SSSR count). The molecule has 138 valence electrons. The molecule has 1 amide bonds. The second-order valence-electron chi connectivity index (χ2n) is 7.27. The SMILES string of the molecule is CNc1cc([C@@H]2CCCN(C(=O)CC(C)C)C2)nc(-c2cccnc2)n1. The van der Waals surface area contributed by atoms with Crippen LogP contribution < -0.4 is 5.32 Å². The van der Waals surface area contributed by atoms with Gasteiger partial charge in [-0.05, 0) is 30.9 Å². The maximum atomic E-state index is 12.5. The number of hydrogen-bond acceptors (Lipinski definition) is 5. The van der Waals surface area contributed by atoms with Crippen LogP contribution in [0.1, 0.15) is 44.7 Å². The van der Waals surface area contributed by atoms with Crippen molar-refractivity contribution in [2.24, 2.45) is 5.92 Å². The van der Waals surface area contributed by atoms with Crippen LogP contribution in [0.4, 0.5) is 5.82 Å². The van der Waals surface area contributed by atoms with Crippen LogP contribution in [0.3, 0.4) is 0 Å². The van der Waals surface area contributed by atoms with E-state index in [9.17, 15) is 4.79 Å². The quantitative estimate of drug-likeness (QED) is 0.893. The highest BCUT2D eigenvalue weighted by molar-refractivity contribution is 5.76. The van der Waals surface area contributed by atoms with Crippen LogP contribution >= 0.6 is 0 Å². The van der Waals surface area contributed by atoms with Crippen LogP contribution in [0.15, 0.2) is 30.6 Å². The summed E-state index contributed by atoms with van der Waals surface area (Å²) < 4.78 is 0. The summed E-state index contributed by atoms with van der Waals surface area (Å²) in [6.07, 6.45) is 6.18. The first-order valence-electron chi connectivity index (χ1n) is 9.31. The number of pyridine rings is 1. The minimum absolute atomic E-state index is 0.241. The summed E-state index contributed by atoms with van der Waals surface area (Å²) in [5.74, 6) is 2.34. The van der Waals surface area contributed by atoms with Crippen LogP contribution in [0.5, 0.6) is 0 Å². The molecule has 6 nitrogen and oxygen atoms in total. The number of aromatic nitrogens is 3. The number of amides is 1. The van der Waals surface area contributed by atoms with Crippen molar-refractivity contribution in [1.82, 2.24) is 19.9 Å². The topological polar surface area (TPSA) is 71.0 Å². The Bertz CT molecular complexity index is 747. The first kappa shape index (κ1) is 18.3. The van der Waals surface area contributed by atoms with E-state index in [-0.39, 0.29) is 11.8 Å². The number of hydrogen-bond donors (Lipinski definition) is 1. The van der Waals surface area contributed by atoms with Gasteiger partial charge in [0, 0.05) is 56.5 Å². The van der Waals surface area contributed by atoms with Gasteiger partial charge in [-0.3, -0.25) is 9.78 Å². The summed E-state index contributed by atoms with van der Waals surface area (Å²) in [4.78, 5) is 28.0. The second kappa shape index (κ2) is 8.25. The Hall–Kier alpha value is -2.50. The molecule has 2 aromatic heterocycles. The van der Waals surface area contributed by atoms with E-state index in [1.54, 1.807) is 12.4 Å².